The molecule has 0 aliphatic heterocycles. The Bertz CT molecular complexity index is 349. The summed E-state index contributed by atoms with van der Waals surface area (Å²) < 4.78 is 17.9. The normalized spacial score (nSPS) is 12.2. The first-order chi connectivity index (χ1) is 6.56. The molecule has 0 spiro atoms. The van der Waals surface area contributed by atoms with Crippen molar-refractivity contribution in [3.63, 3.8) is 0 Å². The van der Waals surface area contributed by atoms with E-state index in [1.165, 1.54) is 26.2 Å². The maximum atomic E-state index is 13.2. The Labute approximate surface area is 81.1 Å². The number of carboxylic acid groups (broad SMARTS) is 1. The van der Waals surface area contributed by atoms with Crippen molar-refractivity contribution in [2.75, 3.05) is 7.11 Å². The third-order valence-corrected chi connectivity index (χ3v) is 2.05. The number of aliphatic carboxylic acids is 1. The van der Waals surface area contributed by atoms with Crippen LogP contribution < -0.4 is 4.74 Å². The lowest BCUT2D eigenvalue weighted by Gasteiger charge is -2.08. The summed E-state index contributed by atoms with van der Waals surface area (Å²) >= 11 is 0. The molecular weight excluding hydrogens is 187 g/mol. The first-order valence-corrected chi connectivity index (χ1v) is 4.12. The Morgan fingerprint density at radius 2 is 2.21 bits per heavy atom. The second-order valence-electron chi connectivity index (χ2n) is 2.95. The molecule has 14 heavy (non-hydrogen) atoms. The highest BCUT2D eigenvalue weighted by atomic mass is 19.1. The van der Waals surface area contributed by atoms with E-state index in [1.807, 2.05) is 0 Å². The van der Waals surface area contributed by atoms with Crippen LogP contribution in [0, 0.1) is 5.82 Å². The molecular formula is C10H11FO3. The zero-order valence-corrected chi connectivity index (χ0v) is 7.95. The topological polar surface area (TPSA) is 46.5 Å². The Hall–Kier alpha value is -1.58. The van der Waals surface area contributed by atoms with Gasteiger partial charge in [-0.15, -0.1) is 0 Å². The van der Waals surface area contributed by atoms with Gasteiger partial charge in [-0.3, -0.25) is 4.79 Å². The van der Waals surface area contributed by atoms with E-state index < -0.39 is 17.7 Å². The van der Waals surface area contributed by atoms with E-state index in [-0.39, 0.29) is 5.75 Å². The summed E-state index contributed by atoms with van der Waals surface area (Å²) in [4.78, 5) is 10.6. The molecule has 0 heterocycles. The minimum Gasteiger partial charge on any atom is -0.494 e. The van der Waals surface area contributed by atoms with Gasteiger partial charge in [0, 0.05) is 0 Å². The first-order valence-electron chi connectivity index (χ1n) is 4.12. The molecule has 0 radical (unpaired) electrons. The molecule has 1 aromatic carbocycles. The molecule has 0 amide bonds. The average molecular weight is 198 g/mol. The molecule has 0 aliphatic rings. The number of carboxylic acids is 1. The standard InChI is InChI=1S/C10H11FO3/c1-6(10(12)13)7-3-4-9(14-2)8(11)5-7/h3-6H,1-2H3,(H,12,13)/t6-/m1/s1. The predicted octanol–water partition coefficient (Wildman–Crippen LogP) is 2.02. The van der Waals surface area contributed by atoms with Crippen LogP contribution in [0.4, 0.5) is 4.39 Å². The molecule has 1 N–H and O–H groups in total. The van der Waals surface area contributed by atoms with Gasteiger partial charge < -0.3 is 9.84 Å². The van der Waals surface area contributed by atoms with Crippen LogP contribution in [0.5, 0.6) is 5.75 Å². The van der Waals surface area contributed by atoms with Crippen molar-refractivity contribution in [3.8, 4) is 5.75 Å². The van der Waals surface area contributed by atoms with E-state index in [1.54, 1.807) is 6.07 Å². The van der Waals surface area contributed by atoms with E-state index in [0.29, 0.717) is 5.56 Å². The van der Waals surface area contributed by atoms with E-state index in [2.05, 4.69) is 0 Å². The van der Waals surface area contributed by atoms with Crippen LogP contribution in [0.2, 0.25) is 0 Å². The highest BCUT2D eigenvalue weighted by Crippen LogP contribution is 2.22. The minimum atomic E-state index is -0.977. The molecule has 0 unspecified atom stereocenters. The second-order valence-corrected chi connectivity index (χ2v) is 2.95. The van der Waals surface area contributed by atoms with Gasteiger partial charge in [0.25, 0.3) is 0 Å². The molecule has 1 atom stereocenters. The molecule has 3 nitrogen and oxygen atoms in total. The van der Waals surface area contributed by atoms with E-state index >= 15 is 0 Å². The number of methoxy groups -OCH3 is 1. The molecule has 4 heteroatoms. The smallest absolute Gasteiger partial charge is 0.310 e. The van der Waals surface area contributed by atoms with Crippen molar-refractivity contribution in [1.82, 2.24) is 0 Å². The number of ether oxygens (including phenoxy) is 1. The number of hydrogen-bond acceptors (Lipinski definition) is 2. The minimum absolute atomic E-state index is 0.117. The van der Waals surface area contributed by atoms with Crippen LogP contribution in [-0.4, -0.2) is 18.2 Å². The van der Waals surface area contributed by atoms with E-state index in [4.69, 9.17) is 9.84 Å². The molecule has 1 aromatic rings. The number of hydrogen-bond donors (Lipinski definition) is 1. The predicted molar refractivity (Wildman–Crippen MR) is 49.0 cm³/mol. The first kappa shape index (κ1) is 10.5. The molecule has 1 rings (SSSR count). The fraction of sp³-hybridized carbons (Fsp3) is 0.300. The van der Waals surface area contributed by atoms with Crippen LogP contribution in [0.3, 0.4) is 0 Å². The zero-order chi connectivity index (χ0) is 10.7. The molecule has 76 valence electrons. The van der Waals surface area contributed by atoms with Crippen molar-refractivity contribution >= 4 is 5.97 Å². The summed E-state index contributed by atoms with van der Waals surface area (Å²) in [6.45, 7) is 1.50. The molecule has 0 aliphatic carbocycles. The van der Waals surface area contributed by atoms with Gasteiger partial charge in [-0.2, -0.15) is 0 Å². The fourth-order valence-corrected chi connectivity index (χ4v) is 1.09. The molecule has 0 fully saturated rings. The van der Waals surface area contributed by atoms with Crippen molar-refractivity contribution in [2.24, 2.45) is 0 Å². The van der Waals surface area contributed by atoms with Crippen molar-refractivity contribution in [1.29, 1.82) is 0 Å². The summed E-state index contributed by atoms with van der Waals surface area (Å²) in [5, 5.41) is 8.70. The lowest BCUT2D eigenvalue weighted by atomic mass is 10.0. The van der Waals surface area contributed by atoms with Gasteiger partial charge in [0.15, 0.2) is 11.6 Å². The SMILES string of the molecule is COc1ccc([C@@H](C)C(=O)O)cc1F. The molecule has 0 saturated carbocycles. The van der Waals surface area contributed by atoms with Crippen LogP contribution >= 0.6 is 0 Å². The summed E-state index contributed by atoms with van der Waals surface area (Å²) in [6, 6.07) is 4.14. The monoisotopic (exact) mass is 198 g/mol. The van der Waals surface area contributed by atoms with Crippen molar-refractivity contribution in [2.45, 2.75) is 12.8 Å². The van der Waals surface area contributed by atoms with Gasteiger partial charge in [-0.1, -0.05) is 6.07 Å². The number of halogens is 1. The van der Waals surface area contributed by atoms with Crippen LogP contribution in [0.1, 0.15) is 18.4 Å². The maximum absolute atomic E-state index is 13.2. The Kier molecular flexibility index (Phi) is 3.06. The highest BCUT2D eigenvalue weighted by Gasteiger charge is 2.15. The van der Waals surface area contributed by atoms with Gasteiger partial charge in [-0.05, 0) is 24.6 Å². The average Bonchev–Trinajstić information content (AvgIpc) is 2.16. The van der Waals surface area contributed by atoms with Gasteiger partial charge >= 0.3 is 5.97 Å². The number of rotatable bonds is 3. The highest BCUT2D eigenvalue weighted by molar-refractivity contribution is 5.75. The fourth-order valence-electron chi connectivity index (χ4n) is 1.09. The molecule has 0 saturated heterocycles. The van der Waals surface area contributed by atoms with Gasteiger partial charge in [0.05, 0.1) is 13.0 Å². The van der Waals surface area contributed by atoms with E-state index in [9.17, 15) is 9.18 Å². The number of carbonyl (C=O) groups is 1. The summed E-state index contributed by atoms with van der Waals surface area (Å²) in [5.41, 5.74) is 0.427. The van der Waals surface area contributed by atoms with Crippen molar-refractivity contribution < 1.29 is 19.0 Å². The zero-order valence-electron chi connectivity index (χ0n) is 7.95. The largest absolute Gasteiger partial charge is 0.494 e. The lowest BCUT2D eigenvalue weighted by Crippen LogP contribution is -2.07. The van der Waals surface area contributed by atoms with Crippen LogP contribution in [0.25, 0.3) is 0 Å². The summed E-state index contributed by atoms with van der Waals surface area (Å²) in [5.74, 6) is -2.12. The Balaban J connectivity index is 3.02. The van der Waals surface area contributed by atoms with Gasteiger partial charge in [-0.25, -0.2) is 4.39 Å². The van der Waals surface area contributed by atoms with Crippen molar-refractivity contribution in [3.05, 3.63) is 29.6 Å². The Morgan fingerprint density at radius 1 is 1.57 bits per heavy atom. The molecule has 0 aromatic heterocycles. The lowest BCUT2D eigenvalue weighted by molar-refractivity contribution is -0.138. The third kappa shape index (κ3) is 2.02. The third-order valence-electron chi connectivity index (χ3n) is 2.05. The van der Waals surface area contributed by atoms with Crippen LogP contribution in [0.15, 0.2) is 18.2 Å². The van der Waals surface area contributed by atoms with Gasteiger partial charge in [0.1, 0.15) is 0 Å². The maximum Gasteiger partial charge on any atom is 0.310 e. The second kappa shape index (κ2) is 4.09. The van der Waals surface area contributed by atoms with Gasteiger partial charge in [0.2, 0.25) is 0 Å². The van der Waals surface area contributed by atoms with Crippen LogP contribution in [-0.2, 0) is 4.79 Å². The summed E-state index contributed by atoms with van der Waals surface area (Å²) in [7, 11) is 1.36. The van der Waals surface area contributed by atoms with E-state index in [0.717, 1.165) is 0 Å². The Morgan fingerprint density at radius 3 is 2.64 bits per heavy atom. The summed E-state index contributed by atoms with van der Waals surface area (Å²) in [6.07, 6.45) is 0. The quantitative estimate of drug-likeness (QED) is 0.808. The number of benzene rings is 1. The molecule has 0 bridgehead atoms.